The zero-order valence-corrected chi connectivity index (χ0v) is 16.5. The van der Waals surface area contributed by atoms with E-state index < -0.39 is 43.8 Å². The first-order chi connectivity index (χ1) is 13.0. The van der Waals surface area contributed by atoms with Gasteiger partial charge in [0.2, 0.25) is 0 Å². The van der Waals surface area contributed by atoms with Gasteiger partial charge in [-0.3, -0.25) is 14.9 Å². The second-order valence-electron chi connectivity index (χ2n) is 5.46. The Morgan fingerprint density at radius 1 is 1.18 bits per heavy atom. The van der Waals surface area contributed by atoms with Gasteiger partial charge in [0.25, 0.3) is 11.6 Å². The van der Waals surface area contributed by atoms with E-state index in [0.717, 1.165) is 24.5 Å². The van der Waals surface area contributed by atoms with Crippen LogP contribution in [0.3, 0.4) is 0 Å². The highest BCUT2D eigenvalue weighted by Crippen LogP contribution is 2.26. The van der Waals surface area contributed by atoms with Crippen LogP contribution < -0.4 is 5.32 Å². The van der Waals surface area contributed by atoms with E-state index in [-0.39, 0.29) is 16.3 Å². The molecule has 1 amide bonds. The summed E-state index contributed by atoms with van der Waals surface area (Å²) in [6, 6.07) is 7.12. The molecule has 0 spiro atoms. The predicted molar refractivity (Wildman–Crippen MR) is 102 cm³/mol. The summed E-state index contributed by atoms with van der Waals surface area (Å²) < 4.78 is 28.0. The Bertz CT molecular complexity index is 1070. The Labute approximate surface area is 169 Å². The monoisotopic (exact) mass is 446 g/mol. The Morgan fingerprint density at radius 3 is 2.43 bits per heavy atom. The molecule has 2 aromatic rings. The predicted octanol–water partition coefficient (Wildman–Crippen LogP) is 3.10. The number of nitrogens with zero attached hydrogens (tertiary/aromatic N) is 1. The lowest BCUT2D eigenvalue weighted by Gasteiger charge is -2.09. The van der Waals surface area contributed by atoms with Gasteiger partial charge in [0.1, 0.15) is 4.90 Å². The summed E-state index contributed by atoms with van der Waals surface area (Å²) in [7, 11) is -3.87. The molecule has 0 aliphatic heterocycles. The maximum Gasteiger partial charge on any atom is 0.338 e. The Morgan fingerprint density at radius 2 is 1.86 bits per heavy atom. The molecule has 12 heteroatoms. The molecule has 0 aromatic heterocycles. The van der Waals surface area contributed by atoms with Crippen molar-refractivity contribution >= 4 is 56.3 Å². The summed E-state index contributed by atoms with van der Waals surface area (Å²) in [6.07, 6.45) is 0.805. The van der Waals surface area contributed by atoms with Gasteiger partial charge in [0, 0.05) is 17.3 Å². The van der Waals surface area contributed by atoms with Gasteiger partial charge >= 0.3 is 5.97 Å². The second-order valence-corrected chi connectivity index (χ2v) is 8.29. The van der Waals surface area contributed by atoms with Crippen LogP contribution in [-0.2, 0) is 19.4 Å². The van der Waals surface area contributed by atoms with Gasteiger partial charge in [-0.1, -0.05) is 23.2 Å². The number of anilines is 1. The third-order valence-corrected chi connectivity index (χ3v) is 5.02. The molecule has 28 heavy (non-hydrogen) atoms. The maximum atomic E-state index is 12.0. The van der Waals surface area contributed by atoms with Crippen LogP contribution in [-0.4, -0.2) is 38.1 Å². The van der Waals surface area contributed by atoms with Crippen molar-refractivity contribution in [1.29, 1.82) is 0 Å². The number of nitrogens with one attached hydrogen (secondary N) is 1. The van der Waals surface area contributed by atoms with Crippen LogP contribution in [0, 0.1) is 10.1 Å². The minimum Gasteiger partial charge on any atom is -0.452 e. The van der Waals surface area contributed by atoms with Crippen molar-refractivity contribution in [3.63, 3.8) is 0 Å². The molecule has 2 aromatic carbocycles. The van der Waals surface area contributed by atoms with Crippen molar-refractivity contribution in [3.8, 4) is 0 Å². The van der Waals surface area contributed by atoms with Crippen molar-refractivity contribution in [2.24, 2.45) is 0 Å². The zero-order valence-electron chi connectivity index (χ0n) is 14.1. The third-order valence-electron chi connectivity index (χ3n) is 3.33. The highest BCUT2D eigenvalue weighted by molar-refractivity contribution is 7.90. The SMILES string of the molecule is CS(=O)(=O)c1ccc(C(=O)OCC(=O)Nc2ccc(Cl)cc2Cl)cc1[N+](=O)[O-]. The average molecular weight is 447 g/mol. The number of carbonyl (C=O) groups is 2. The zero-order chi connectivity index (χ0) is 21.1. The van der Waals surface area contributed by atoms with Crippen molar-refractivity contribution in [2.45, 2.75) is 4.90 Å². The standard InChI is InChI=1S/C16H12Cl2N2O7S/c1-28(25,26)14-5-2-9(6-13(14)20(23)24)16(22)27-8-15(21)19-12-4-3-10(17)7-11(12)18/h2-7H,8H2,1H3,(H,19,21). The molecule has 0 saturated heterocycles. The Hall–Kier alpha value is -2.69. The number of hydrogen-bond acceptors (Lipinski definition) is 7. The number of nitro groups is 1. The number of hydrogen-bond donors (Lipinski definition) is 1. The highest BCUT2D eigenvalue weighted by Gasteiger charge is 2.24. The molecular formula is C16H12Cl2N2O7S. The summed E-state index contributed by atoms with van der Waals surface area (Å²) in [5.41, 5.74) is -0.800. The fourth-order valence-electron chi connectivity index (χ4n) is 2.09. The lowest BCUT2D eigenvalue weighted by Crippen LogP contribution is -2.21. The van der Waals surface area contributed by atoms with Crippen molar-refractivity contribution in [1.82, 2.24) is 0 Å². The number of nitro benzene ring substituents is 1. The van der Waals surface area contributed by atoms with Crippen LogP contribution >= 0.6 is 23.2 Å². The van der Waals surface area contributed by atoms with Gasteiger partial charge in [-0.15, -0.1) is 0 Å². The lowest BCUT2D eigenvalue weighted by molar-refractivity contribution is -0.387. The van der Waals surface area contributed by atoms with Gasteiger partial charge in [-0.25, -0.2) is 13.2 Å². The Kier molecular flexibility index (Phi) is 6.60. The van der Waals surface area contributed by atoms with Gasteiger partial charge in [-0.2, -0.15) is 0 Å². The number of halogens is 2. The summed E-state index contributed by atoms with van der Waals surface area (Å²) in [4.78, 5) is 33.5. The third kappa shape index (κ3) is 5.41. The smallest absolute Gasteiger partial charge is 0.338 e. The maximum absolute atomic E-state index is 12.0. The first-order valence-corrected chi connectivity index (χ1v) is 10.0. The molecule has 0 heterocycles. The van der Waals surface area contributed by atoms with E-state index in [0.29, 0.717) is 5.02 Å². The van der Waals surface area contributed by atoms with Crippen LogP contribution in [0.25, 0.3) is 0 Å². The number of esters is 1. The van der Waals surface area contributed by atoms with E-state index in [9.17, 15) is 28.1 Å². The molecule has 0 unspecified atom stereocenters. The molecule has 0 aliphatic carbocycles. The van der Waals surface area contributed by atoms with Gasteiger partial charge in [0.15, 0.2) is 16.4 Å². The number of benzene rings is 2. The normalized spacial score (nSPS) is 11.0. The van der Waals surface area contributed by atoms with Crippen molar-refractivity contribution in [2.75, 3.05) is 18.2 Å². The van der Waals surface area contributed by atoms with Crippen LogP contribution in [0.15, 0.2) is 41.3 Å². The highest BCUT2D eigenvalue weighted by atomic mass is 35.5. The molecule has 2 rings (SSSR count). The largest absolute Gasteiger partial charge is 0.452 e. The van der Waals surface area contributed by atoms with E-state index in [1.54, 1.807) is 0 Å². The molecule has 0 saturated carbocycles. The first kappa shape index (κ1) is 21.6. The van der Waals surface area contributed by atoms with Crippen molar-refractivity contribution in [3.05, 3.63) is 62.1 Å². The quantitative estimate of drug-likeness (QED) is 0.409. The van der Waals surface area contributed by atoms with Crippen LogP contribution in [0.4, 0.5) is 11.4 Å². The summed E-state index contributed by atoms with van der Waals surface area (Å²) in [6.45, 7) is -0.695. The minimum absolute atomic E-state index is 0.180. The van der Waals surface area contributed by atoms with E-state index in [4.69, 9.17) is 27.9 Å². The van der Waals surface area contributed by atoms with E-state index >= 15 is 0 Å². The molecular weight excluding hydrogens is 435 g/mol. The van der Waals surface area contributed by atoms with Crippen LogP contribution in [0.2, 0.25) is 10.0 Å². The number of carbonyl (C=O) groups excluding carboxylic acids is 2. The lowest BCUT2D eigenvalue weighted by atomic mass is 10.2. The molecule has 148 valence electrons. The summed E-state index contributed by atoms with van der Waals surface area (Å²) >= 11 is 11.7. The van der Waals surface area contributed by atoms with E-state index in [1.807, 2.05) is 0 Å². The molecule has 1 N–H and O–H groups in total. The number of rotatable bonds is 6. The molecule has 9 nitrogen and oxygen atoms in total. The molecule has 0 bridgehead atoms. The van der Waals surface area contributed by atoms with Gasteiger partial charge < -0.3 is 10.1 Å². The first-order valence-electron chi connectivity index (χ1n) is 7.39. The number of amides is 1. The van der Waals surface area contributed by atoms with Gasteiger partial charge in [0.05, 0.1) is 21.2 Å². The van der Waals surface area contributed by atoms with E-state index in [2.05, 4.69) is 5.32 Å². The molecule has 0 atom stereocenters. The summed E-state index contributed by atoms with van der Waals surface area (Å²) in [5.74, 6) is -1.75. The van der Waals surface area contributed by atoms with Crippen LogP contribution in [0.5, 0.6) is 0 Å². The minimum atomic E-state index is -3.87. The fraction of sp³-hybridized carbons (Fsp3) is 0.125. The fourth-order valence-corrected chi connectivity index (χ4v) is 3.38. The van der Waals surface area contributed by atoms with E-state index in [1.165, 1.54) is 18.2 Å². The van der Waals surface area contributed by atoms with Crippen molar-refractivity contribution < 1.29 is 27.7 Å². The molecule has 0 radical (unpaired) electrons. The molecule has 0 aliphatic rings. The van der Waals surface area contributed by atoms with Crippen LogP contribution in [0.1, 0.15) is 10.4 Å². The topological polar surface area (TPSA) is 133 Å². The number of ether oxygens (including phenoxy) is 1. The summed E-state index contributed by atoms with van der Waals surface area (Å²) in [5, 5.41) is 14.0. The molecule has 0 fully saturated rings. The average Bonchev–Trinajstić information content (AvgIpc) is 2.60. The second kappa shape index (κ2) is 8.55. The van der Waals surface area contributed by atoms with Gasteiger partial charge in [-0.05, 0) is 30.3 Å². The Balaban J connectivity index is 2.09. The number of sulfone groups is 1.